The van der Waals surface area contributed by atoms with Crippen LogP contribution >= 0.6 is 0 Å². The molecule has 2 heterocycles. The molecular formula is C20H24N4O2. The largest absolute Gasteiger partial charge is 0.411 e. The van der Waals surface area contributed by atoms with Crippen LogP contribution in [0.2, 0.25) is 0 Å². The molecule has 0 bridgehead atoms. The summed E-state index contributed by atoms with van der Waals surface area (Å²) in [5.74, 6) is 1.03. The zero-order chi connectivity index (χ0) is 18.2. The molecule has 1 aromatic carbocycles. The summed E-state index contributed by atoms with van der Waals surface area (Å²) in [7, 11) is 0. The molecule has 0 unspecified atom stereocenters. The Morgan fingerprint density at radius 2 is 2.00 bits per heavy atom. The molecule has 0 spiro atoms. The lowest BCUT2D eigenvalue weighted by Gasteiger charge is -2.32. The van der Waals surface area contributed by atoms with Gasteiger partial charge in [0.15, 0.2) is 0 Å². The number of nitrogens with zero attached hydrogens (tertiary/aromatic N) is 3. The van der Waals surface area contributed by atoms with Gasteiger partial charge in [-0.2, -0.15) is 0 Å². The molecular weight excluding hydrogens is 328 g/mol. The van der Waals surface area contributed by atoms with E-state index in [-0.39, 0.29) is 5.78 Å². The SMILES string of the molecule is O=C(/C=N/O)c1ccc(NCC2CCN(Cc3ccccc3)CC2)nc1. The second kappa shape index (κ2) is 9.10. The molecule has 2 N–H and O–H groups in total. The molecule has 0 amide bonds. The van der Waals surface area contributed by atoms with Gasteiger partial charge in [-0.25, -0.2) is 4.98 Å². The molecule has 3 rings (SSSR count). The average Bonchev–Trinajstić information content (AvgIpc) is 2.69. The molecule has 2 aromatic rings. The minimum absolute atomic E-state index is 0.364. The summed E-state index contributed by atoms with van der Waals surface area (Å²) >= 11 is 0. The number of Topliss-reactive ketones (excluding diaryl/α,β-unsaturated/α-hetero) is 1. The third-order valence-electron chi connectivity index (χ3n) is 4.75. The lowest BCUT2D eigenvalue weighted by molar-refractivity contribution is 0.106. The Bertz CT molecular complexity index is 723. The Kier molecular flexibility index (Phi) is 6.33. The number of aromatic nitrogens is 1. The first-order valence-electron chi connectivity index (χ1n) is 8.92. The van der Waals surface area contributed by atoms with Gasteiger partial charge in [-0.3, -0.25) is 9.69 Å². The van der Waals surface area contributed by atoms with Crippen molar-refractivity contribution in [3.8, 4) is 0 Å². The van der Waals surface area contributed by atoms with E-state index in [4.69, 9.17) is 5.21 Å². The summed E-state index contributed by atoms with van der Waals surface area (Å²) in [5.41, 5.74) is 1.77. The predicted octanol–water partition coefficient (Wildman–Crippen LogP) is 3.05. The van der Waals surface area contributed by atoms with Crippen molar-refractivity contribution in [3.63, 3.8) is 0 Å². The van der Waals surface area contributed by atoms with Crippen LogP contribution in [0.15, 0.2) is 53.8 Å². The van der Waals surface area contributed by atoms with Crippen LogP contribution in [-0.4, -0.2) is 46.7 Å². The summed E-state index contributed by atoms with van der Waals surface area (Å²) in [4.78, 5) is 18.3. The van der Waals surface area contributed by atoms with Gasteiger partial charge in [-0.15, -0.1) is 0 Å². The number of nitrogens with one attached hydrogen (secondary N) is 1. The Labute approximate surface area is 153 Å². The van der Waals surface area contributed by atoms with E-state index in [1.54, 1.807) is 12.1 Å². The number of rotatable bonds is 7. The highest BCUT2D eigenvalue weighted by molar-refractivity contribution is 6.35. The van der Waals surface area contributed by atoms with Gasteiger partial charge in [0, 0.05) is 24.8 Å². The molecule has 26 heavy (non-hydrogen) atoms. The van der Waals surface area contributed by atoms with Crippen molar-refractivity contribution in [2.75, 3.05) is 25.0 Å². The number of hydrogen-bond donors (Lipinski definition) is 2. The normalized spacial score (nSPS) is 16.0. The number of oxime groups is 1. The van der Waals surface area contributed by atoms with Gasteiger partial charge in [-0.05, 0) is 49.5 Å². The fourth-order valence-electron chi connectivity index (χ4n) is 3.21. The van der Waals surface area contributed by atoms with Crippen molar-refractivity contribution in [1.29, 1.82) is 0 Å². The molecule has 1 aromatic heterocycles. The molecule has 0 saturated carbocycles. The fourth-order valence-corrected chi connectivity index (χ4v) is 3.21. The van der Waals surface area contributed by atoms with Crippen LogP contribution < -0.4 is 5.32 Å². The lowest BCUT2D eigenvalue weighted by atomic mass is 9.96. The third-order valence-corrected chi connectivity index (χ3v) is 4.75. The Hall–Kier alpha value is -2.73. The minimum Gasteiger partial charge on any atom is -0.411 e. The second-order valence-electron chi connectivity index (χ2n) is 6.63. The number of hydrogen-bond acceptors (Lipinski definition) is 6. The molecule has 0 atom stereocenters. The molecule has 1 fully saturated rings. The summed E-state index contributed by atoms with van der Waals surface area (Å²) < 4.78 is 0. The number of carbonyl (C=O) groups is 1. The summed E-state index contributed by atoms with van der Waals surface area (Å²) in [5, 5.41) is 14.5. The smallest absolute Gasteiger partial charge is 0.208 e. The van der Waals surface area contributed by atoms with Crippen LogP contribution in [0.1, 0.15) is 28.8 Å². The van der Waals surface area contributed by atoms with Crippen LogP contribution in [0.3, 0.4) is 0 Å². The van der Waals surface area contributed by atoms with Crippen molar-refractivity contribution in [2.24, 2.45) is 11.1 Å². The van der Waals surface area contributed by atoms with Gasteiger partial charge in [0.1, 0.15) is 12.0 Å². The summed E-state index contributed by atoms with van der Waals surface area (Å²) in [6.45, 7) is 4.14. The highest BCUT2D eigenvalue weighted by atomic mass is 16.4. The summed E-state index contributed by atoms with van der Waals surface area (Å²) in [6, 6.07) is 14.1. The quantitative estimate of drug-likeness (QED) is 0.347. The highest BCUT2D eigenvalue weighted by Crippen LogP contribution is 2.19. The second-order valence-corrected chi connectivity index (χ2v) is 6.63. The first-order valence-corrected chi connectivity index (χ1v) is 8.92. The lowest BCUT2D eigenvalue weighted by Crippen LogP contribution is -2.35. The average molecular weight is 352 g/mol. The highest BCUT2D eigenvalue weighted by Gasteiger charge is 2.19. The van der Waals surface area contributed by atoms with E-state index in [9.17, 15) is 4.79 Å². The first-order chi connectivity index (χ1) is 12.7. The number of benzene rings is 1. The molecule has 0 radical (unpaired) electrons. The van der Waals surface area contributed by atoms with E-state index >= 15 is 0 Å². The summed E-state index contributed by atoms with van der Waals surface area (Å²) in [6.07, 6.45) is 4.70. The van der Waals surface area contributed by atoms with Gasteiger partial charge in [0.05, 0.1) is 0 Å². The van der Waals surface area contributed by atoms with E-state index in [0.717, 1.165) is 38.2 Å². The molecule has 6 heteroatoms. The van der Waals surface area contributed by atoms with Crippen molar-refractivity contribution in [1.82, 2.24) is 9.88 Å². The molecule has 0 aliphatic carbocycles. The van der Waals surface area contributed by atoms with Crippen LogP contribution in [0, 0.1) is 5.92 Å². The number of ketones is 1. The van der Waals surface area contributed by atoms with Crippen LogP contribution in [0.5, 0.6) is 0 Å². The standard InChI is InChI=1S/C20H24N4O2/c25-19(14-23-26)18-6-7-20(22-13-18)21-12-16-8-10-24(11-9-16)15-17-4-2-1-3-5-17/h1-7,13-14,16,26H,8-12,15H2,(H,21,22)/b23-14+. The molecule has 1 aliphatic rings. The van der Waals surface area contributed by atoms with E-state index < -0.39 is 0 Å². The first kappa shape index (κ1) is 18.1. The maximum absolute atomic E-state index is 11.5. The number of likely N-dealkylation sites (tertiary alicyclic amines) is 1. The molecule has 1 aliphatic heterocycles. The van der Waals surface area contributed by atoms with Crippen molar-refractivity contribution in [3.05, 3.63) is 59.8 Å². The predicted molar refractivity (Wildman–Crippen MR) is 102 cm³/mol. The Morgan fingerprint density at radius 3 is 2.65 bits per heavy atom. The van der Waals surface area contributed by atoms with Crippen molar-refractivity contribution in [2.45, 2.75) is 19.4 Å². The number of carbonyl (C=O) groups excluding carboxylic acids is 1. The number of pyridine rings is 1. The monoisotopic (exact) mass is 352 g/mol. The minimum atomic E-state index is -0.364. The fraction of sp³-hybridized carbons (Fsp3) is 0.350. The van der Waals surface area contributed by atoms with Gasteiger partial charge < -0.3 is 10.5 Å². The van der Waals surface area contributed by atoms with Crippen LogP contribution in [-0.2, 0) is 6.54 Å². The van der Waals surface area contributed by atoms with E-state index in [0.29, 0.717) is 11.5 Å². The van der Waals surface area contributed by atoms with Crippen molar-refractivity contribution >= 4 is 17.8 Å². The molecule has 136 valence electrons. The number of anilines is 1. The molecule has 6 nitrogen and oxygen atoms in total. The Morgan fingerprint density at radius 1 is 1.23 bits per heavy atom. The van der Waals surface area contributed by atoms with Crippen molar-refractivity contribution < 1.29 is 10.0 Å². The molecule has 1 saturated heterocycles. The van der Waals surface area contributed by atoms with Crippen LogP contribution in [0.4, 0.5) is 5.82 Å². The van der Waals surface area contributed by atoms with E-state index in [2.05, 4.69) is 50.7 Å². The third kappa shape index (κ3) is 5.13. The zero-order valence-corrected chi connectivity index (χ0v) is 14.7. The van der Waals surface area contributed by atoms with Gasteiger partial charge in [0.25, 0.3) is 0 Å². The topological polar surface area (TPSA) is 77.8 Å². The van der Waals surface area contributed by atoms with Crippen LogP contribution in [0.25, 0.3) is 0 Å². The van der Waals surface area contributed by atoms with Gasteiger partial charge in [-0.1, -0.05) is 35.5 Å². The maximum atomic E-state index is 11.5. The number of piperidine rings is 1. The maximum Gasteiger partial charge on any atom is 0.208 e. The van der Waals surface area contributed by atoms with Gasteiger partial charge >= 0.3 is 0 Å². The van der Waals surface area contributed by atoms with E-state index in [1.807, 2.05) is 0 Å². The zero-order valence-electron chi connectivity index (χ0n) is 14.7. The van der Waals surface area contributed by atoms with Gasteiger partial charge in [0.2, 0.25) is 5.78 Å². The van der Waals surface area contributed by atoms with E-state index in [1.165, 1.54) is 24.6 Å². The Balaban J connectivity index is 1.41.